The second-order valence-corrected chi connectivity index (χ2v) is 5.59. The van der Waals surface area contributed by atoms with E-state index in [1.54, 1.807) is 38.2 Å². The summed E-state index contributed by atoms with van der Waals surface area (Å²) in [6.07, 6.45) is 0.321. The zero-order valence-corrected chi connectivity index (χ0v) is 14.2. The first kappa shape index (κ1) is 18.0. The van der Waals surface area contributed by atoms with E-state index in [0.717, 1.165) is 11.3 Å². The minimum atomic E-state index is -0.462. The molecule has 2 rings (SSSR count). The molecule has 128 valence electrons. The van der Waals surface area contributed by atoms with Gasteiger partial charge in [0.2, 0.25) is 11.8 Å². The Labute approximate surface area is 146 Å². The molecule has 1 unspecified atom stereocenters. The lowest BCUT2D eigenvalue weighted by atomic mass is 10.1. The van der Waals surface area contributed by atoms with Crippen molar-refractivity contribution in [3.63, 3.8) is 0 Å². The van der Waals surface area contributed by atoms with E-state index < -0.39 is 6.04 Å². The largest absolute Gasteiger partial charge is 0.374 e. The topological polar surface area (TPSA) is 94.0 Å². The van der Waals surface area contributed by atoms with Gasteiger partial charge in [0, 0.05) is 18.4 Å². The average Bonchev–Trinajstić information content (AvgIpc) is 2.63. The molecule has 0 aliphatic heterocycles. The average molecular weight is 336 g/mol. The number of hydrogen-bond donors (Lipinski definition) is 3. The van der Waals surface area contributed by atoms with Crippen LogP contribution in [0.15, 0.2) is 48.5 Å². The lowest BCUT2D eigenvalue weighted by Gasteiger charge is -2.15. The Hall–Kier alpha value is -3.33. The molecule has 0 aliphatic rings. The second kappa shape index (κ2) is 8.50. The van der Waals surface area contributed by atoms with Crippen molar-refractivity contribution in [3.05, 3.63) is 59.7 Å². The molecule has 6 heteroatoms. The highest BCUT2D eigenvalue weighted by atomic mass is 16.2. The SMILES string of the molecule is CNC(=O)Cc1ccc(NC(C)C(=O)Nc2cccc(C#N)c2)cc1. The van der Waals surface area contributed by atoms with Crippen molar-refractivity contribution in [1.29, 1.82) is 5.26 Å². The number of nitrogens with zero attached hydrogens (tertiary/aromatic N) is 1. The Morgan fingerprint density at radius 1 is 1.12 bits per heavy atom. The van der Waals surface area contributed by atoms with E-state index in [4.69, 9.17) is 5.26 Å². The van der Waals surface area contributed by atoms with Gasteiger partial charge in [-0.25, -0.2) is 0 Å². The fraction of sp³-hybridized carbons (Fsp3) is 0.211. The first-order chi connectivity index (χ1) is 12.0. The molecule has 2 aromatic rings. The molecule has 2 aromatic carbocycles. The molecule has 0 radical (unpaired) electrons. The van der Waals surface area contributed by atoms with Crippen molar-refractivity contribution in [1.82, 2.24) is 5.32 Å². The van der Waals surface area contributed by atoms with Crippen molar-refractivity contribution in [2.24, 2.45) is 0 Å². The minimum absolute atomic E-state index is 0.0481. The number of benzene rings is 2. The molecule has 6 nitrogen and oxygen atoms in total. The summed E-state index contributed by atoms with van der Waals surface area (Å²) < 4.78 is 0. The number of nitrogens with one attached hydrogen (secondary N) is 3. The zero-order chi connectivity index (χ0) is 18.2. The molecule has 1 atom stereocenters. The van der Waals surface area contributed by atoms with Gasteiger partial charge in [-0.3, -0.25) is 9.59 Å². The summed E-state index contributed by atoms with van der Waals surface area (Å²) in [5.74, 6) is -0.252. The maximum Gasteiger partial charge on any atom is 0.246 e. The van der Waals surface area contributed by atoms with E-state index in [-0.39, 0.29) is 11.8 Å². The Morgan fingerprint density at radius 2 is 1.84 bits per heavy atom. The molecular formula is C19H20N4O2. The van der Waals surface area contributed by atoms with Crippen LogP contribution in [0.3, 0.4) is 0 Å². The number of carbonyl (C=O) groups excluding carboxylic acids is 2. The monoisotopic (exact) mass is 336 g/mol. The van der Waals surface area contributed by atoms with Crippen molar-refractivity contribution < 1.29 is 9.59 Å². The van der Waals surface area contributed by atoms with Crippen molar-refractivity contribution in [2.45, 2.75) is 19.4 Å². The van der Waals surface area contributed by atoms with E-state index in [1.165, 1.54) is 0 Å². The fourth-order valence-electron chi connectivity index (χ4n) is 2.23. The van der Waals surface area contributed by atoms with Gasteiger partial charge < -0.3 is 16.0 Å². The fourth-order valence-corrected chi connectivity index (χ4v) is 2.23. The van der Waals surface area contributed by atoms with Gasteiger partial charge in [-0.2, -0.15) is 5.26 Å². The van der Waals surface area contributed by atoms with Crippen LogP contribution in [0.2, 0.25) is 0 Å². The Morgan fingerprint density at radius 3 is 2.48 bits per heavy atom. The Bertz CT molecular complexity index is 794. The molecule has 0 heterocycles. The smallest absolute Gasteiger partial charge is 0.246 e. The Kier molecular flexibility index (Phi) is 6.13. The molecule has 3 N–H and O–H groups in total. The maximum atomic E-state index is 12.3. The van der Waals surface area contributed by atoms with Crippen LogP contribution in [0.1, 0.15) is 18.1 Å². The minimum Gasteiger partial charge on any atom is -0.374 e. The van der Waals surface area contributed by atoms with Gasteiger partial charge in [0.05, 0.1) is 18.1 Å². The summed E-state index contributed by atoms with van der Waals surface area (Å²) in [4.78, 5) is 23.6. The second-order valence-electron chi connectivity index (χ2n) is 5.59. The highest BCUT2D eigenvalue weighted by Crippen LogP contribution is 2.13. The van der Waals surface area contributed by atoms with Gasteiger partial charge in [0.25, 0.3) is 0 Å². The lowest BCUT2D eigenvalue weighted by molar-refractivity contribution is -0.120. The van der Waals surface area contributed by atoms with Crippen molar-refractivity contribution >= 4 is 23.2 Å². The van der Waals surface area contributed by atoms with Gasteiger partial charge >= 0.3 is 0 Å². The van der Waals surface area contributed by atoms with Crippen LogP contribution in [-0.4, -0.2) is 24.9 Å². The van der Waals surface area contributed by atoms with E-state index in [1.807, 2.05) is 30.3 Å². The molecular weight excluding hydrogens is 316 g/mol. The normalized spacial score (nSPS) is 11.1. The number of nitriles is 1. The quantitative estimate of drug-likeness (QED) is 0.754. The molecule has 0 aliphatic carbocycles. The van der Waals surface area contributed by atoms with Gasteiger partial charge in [-0.1, -0.05) is 18.2 Å². The number of hydrogen-bond acceptors (Lipinski definition) is 4. The van der Waals surface area contributed by atoms with Crippen LogP contribution in [0.25, 0.3) is 0 Å². The predicted octanol–water partition coefficient (Wildman–Crippen LogP) is 2.29. The van der Waals surface area contributed by atoms with Crippen LogP contribution in [-0.2, 0) is 16.0 Å². The standard InChI is InChI=1S/C19H20N4O2/c1-13(19(25)23-17-5-3-4-15(10-17)12-20)22-16-8-6-14(7-9-16)11-18(24)21-2/h3-10,13,22H,11H2,1-2H3,(H,21,24)(H,23,25). The van der Waals surface area contributed by atoms with E-state index in [2.05, 4.69) is 16.0 Å². The summed E-state index contributed by atoms with van der Waals surface area (Å²) in [7, 11) is 1.60. The first-order valence-corrected chi connectivity index (χ1v) is 7.89. The van der Waals surface area contributed by atoms with Crippen molar-refractivity contribution in [2.75, 3.05) is 17.7 Å². The molecule has 0 fully saturated rings. The lowest BCUT2D eigenvalue weighted by Crippen LogP contribution is -2.31. The van der Waals surface area contributed by atoms with E-state index >= 15 is 0 Å². The van der Waals surface area contributed by atoms with Crippen LogP contribution in [0.5, 0.6) is 0 Å². The molecule has 0 saturated heterocycles. The Balaban J connectivity index is 1.94. The molecule has 0 spiro atoms. The van der Waals surface area contributed by atoms with E-state index in [9.17, 15) is 9.59 Å². The van der Waals surface area contributed by atoms with Crippen LogP contribution >= 0.6 is 0 Å². The molecule has 2 amide bonds. The van der Waals surface area contributed by atoms with Crippen LogP contribution < -0.4 is 16.0 Å². The summed E-state index contributed by atoms with van der Waals surface area (Å²) >= 11 is 0. The third-order valence-corrected chi connectivity index (χ3v) is 3.63. The van der Waals surface area contributed by atoms with Gasteiger partial charge in [-0.05, 0) is 42.8 Å². The summed E-state index contributed by atoms with van der Waals surface area (Å²) in [6, 6.07) is 15.7. The van der Waals surface area contributed by atoms with Crippen LogP contribution in [0, 0.1) is 11.3 Å². The van der Waals surface area contributed by atoms with E-state index in [0.29, 0.717) is 17.7 Å². The van der Waals surface area contributed by atoms with Crippen LogP contribution in [0.4, 0.5) is 11.4 Å². The molecule has 0 aromatic heterocycles. The number of amides is 2. The highest BCUT2D eigenvalue weighted by Gasteiger charge is 2.13. The van der Waals surface area contributed by atoms with Gasteiger partial charge in [0.15, 0.2) is 0 Å². The number of anilines is 2. The molecule has 0 bridgehead atoms. The maximum absolute atomic E-state index is 12.3. The highest BCUT2D eigenvalue weighted by molar-refractivity contribution is 5.96. The number of likely N-dealkylation sites (N-methyl/N-ethyl adjacent to an activating group) is 1. The summed E-state index contributed by atoms with van der Waals surface area (Å²) in [6.45, 7) is 1.75. The molecule has 0 saturated carbocycles. The zero-order valence-electron chi connectivity index (χ0n) is 14.2. The van der Waals surface area contributed by atoms with Crippen molar-refractivity contribution in [3.8, 4) is 6.07 Å². The van der Waals surface area contributed by atoms with Gasteiger partial charge in [-0.15, -0.1) is 0 Å². The number of rotatable bonds is 6. The molecule has 25 heavy (non-hydrogen) atoms. The third-order valence-electron chi connectivity index (χ3n) is 3.63. The predicted molar refractivity (Wildman–Crippen MR) is 97.1 cm³/mol. The first-order valence-electron chi connectivity index (χ1n) is 7.89. The number of carbonyl (C=O) groups is 2. The summed E-state index contributed by atoms with van der Waals surface area (Å²) in [5, 5.41) is 17.4. The third kappa shape index (κ3) is 5.36. The van der Waals surface area contributed by atoms with Gasteiger partial charge in [0.1, 0.15) is 6.04 Å². The summed E-state index contributed by atoms with van der Waals surface area (Å²) in [5.41, 5.74) is 2.76.